The third-order valence-electron chi connectivity index (χ3n) is 3.17. The first-order valence-electron chi connectivity index (χ1n) is 4.94. The predicted molar refractivity (Wildman–Crippen MR) is 53.5 cm³/mol. The zero-order valence-corrected chi connectivity index (χ0v) is 8.54. The fraction of sp³-hybridized carbons (Fsp3) is 0.700. The molecule has 72 valence electrons. The van der Waals surface area contributed by atoms with E-state index in [2.05, 4.69) is 18.9 Å². The molecule has 1 aromatic heterocycles. The second kappa shape index (κ2) is 2.76. The quantitative estimate of drug-likeness (QED) is 0.752. The molecule has 3 nitrogen and oxygen atoms in total. The summed E-state index contributed by atoms with van der Waals surface area (Å²) in [6.07, 6.45) is 2.56. The molecule has 2 atom stereocenters. The molecule has 3 heteroatoms. The topological polar surface area (TPSA) is 43.8 Å². The van der Waals surface area contributed by atoms with Crippen LogP contribution in [0.25, 0.3) is 0 Å². The molecule has 0 unspecified atom stereocenters. The van der Waals surface area contributed by atoms with Gasteiger partial charge in [-0.25, -0.2) is 0 Å². The van der Waals surface area contributed by atoms with Crippen LogP contribution in [0.15, 0.2) is 0 Å². The van der Waals surface area contributed by atoms with E-state index >= 15 is 0 Å². The van der Waals surface area contributed by atoms with Crippen molar-refractivity contribution in [2.75, 3.05) is 5.73 Å². The molecule has 0 aliphatic heterocycles. The van der Waals surface area contributed by atoms with Crippen molar-refractivity contribution in [3.8, 4) is 0 Å². The van der Waals surface area contributed by atoms with Crippen LogP contribution >= 0.6 is 0 Å². The maximum absolute atomic E-state index is 5.86. The fourth-order valence-electron chi connectivity index (χ4n) is 2.05. The summed E-state index contributed by atoms with van der Waals surface area (Å²) in [6, 6.07) is 0. The van der Waals surface area contributed by atoms with Crippen molar-refractivity contribution in [3.05, 3.63) is 11.3 Å². The van der Waals surface area contributed by atoms with Gasteiger partial charge in [0.05, 0.1) is 5.69 Å². The highest BCUT2D eigenvalue weighted by Gasteiger charge is 2.39. The first-order valence-corrected chi connectivity index (χ1v) is 4.94. The number of rotatable bonds is 2. The molecule has 0 bridgehead atoms. The largest absolute Gasteiger partial charge is 0.384 e. The highest BCUT2D eigenvalue weighted by atomic mass is 15.3. The second-order valence-electron chi connectivity index (χ2n) is 4.03. The molecule has 0 amide bonds. The molecule has 1 aliphatic rings. The van der Waals surface area contributed by atoms with Crippen LogP contribution in [0.4, 0.5) is 5.82 Å². The van der Waals surface area contributed by atoms with Gasteiger partial charge in [-0.05, 0) is 19.3 Å². The minimum atomic E-state index is 0.688. The Bertz CT molecular complexity index is 327. The number of hydrogen-bond donors (Lipinski definition) is 1. The minimum absolute atomic E-state index is 0.688. The lowest BCUT2D eigenvalue weighted by molar-refractivity contribution is 0.717. The fourth-order valence-corrected chi connectivity index (χ4v) is 2.05. The average molecular weight is 179 g/mol. The Morgan fingerprint density at radius 1 is 1.62 bits per heavy atom. The SMILES string of the molecule is CC[C@@H]1C[C@H]1c1nn(C)c(N)c1C. The number of nitrogens with two attached hydrogens (primary N) is 1. The van der Waals surface area contributed by atoms with E-state index in [9.17, 15) is 0 Å². The first kappa shape index (κ1) is 8.60. The summed E-state index contributed by atoms with van der Waals surface area (Å²) in [5.74, 6) is 2.36. The second-order valence-corrected chi connectivity index (χ2v) is 4.03. The van der Waals surface area contributed by atoms with E-state index in [1.165, 1.54) is 24.1 Å². The molecule has 1 saturated carbocycles. The summed E-state index contributed by atoms with van der Waals surface area (Å²) in [5.41, 5.74) is 8.27. The lowest BCUT2D eigenvalue weighted by Crippen LogP contribution is -1.97. The van der Waals surface area contributed by atoms with Gasteiger partial charge in [0, 0.05) is 18.5 Å². The Morgan fingerprint density at radius 2 is 2.31 bits per heavy atom. The molecule has 0 spiro atoms. The molecule has 1 heterocycles. The molecule has 0 radical (unpaired) electrons. The number of nitrogen functional groups attached to an aromatic ring is 1. The van der Waals surface area contributed by atoms with Gasteiger partial charge in [0.1, 0.15) is 5.82 Å². The molecule has 0 saturated heterocycles. The van der Waals surface area contributed by atoms with Crippen LogP contribution in [0.1, 0.15) is 36.9 Å². The van der Waals surface area contributed by atoms with Gasteiger partial charge in [-0.1, -0.05) is 13.3 Å². The standard InChI is InChI=1S/C10H17N3/c1-4-7-5-8(7)9-6(2)10(11)13(3)12-9/h7-8H,4-5,11H2,1-3H3/t7-,8-/m1/s1. The third kappa shape index (κ3) is 1.23. The third-order valence-corrected chi connectivity index (χ3v) is 3.17. The Balaban J connectivity index is 2.27. The molecule has 2 rings (SSSR count). The van der Waals surface area contributed by atoms with Crippen molar-refractivity contribution in [2.24, 2.45) is 13.0 Å². The Kier molecular flexibility index (Phi) is 1.82. The maximum atomic E-state index is 5.86. The summed E-state index contributed by atoms with van der Waals surface area (Å²) < 4.78 is 1.79. The summed E-state index contributed by atoms with van der Waals surface area (Å²) in [4.78, 5) is 0. The Morgan fingerprint density at radius 3 is 2.69 bits per heavy atom. The highest BCUT2D eigenvalue weighted by molar-refractivity contribution is 5.44. The van der Waals surface area contributed by atoms with Crippen molar-refractivity contribution >= 4 is 5.82 Å². The molecular formula is C10H17N3. The molecule has 2 N–H and O–H groups in total. The van der Waals surface area contributed by atoms with Gasteiger partial charge in [-0.15, -0.1) is 0 Å². The smallest absolute Gasteiger partial charge is 0.124 e. The van der Waals surface area contributed by atoms with Crippen molar-refractivity contribution in [1.82, 2.24) is 9.78 Å². The molecule has 13 heavy (non-hydrogen) atoms. The number of aromatic nitrogens is 2. The predicted octanol–water partition coefficient (Wildman–Crippen LogP) is 1.82. The van der Waals surface area contributed by atoms with Gasteiger partial charge in [0.2, 0.25) is 0 Å². The van der Waals surface area contributed by atoms with Crippen molar-refractivity contribution < 1.29 is 0 Å². The molecule has 0 aromatic carbocycles. The number of anilines is 1. The lowest BCUT2D eigenvalue weighted by Gasteiger charge is -1.94. The van der Waals surface area contributed by atoms with E-state index in [0.29, 0.717) is 5.92 Å². The summed E-state index contributed by atoms with van der Waals surface area (Å²) >= 11 is 0. The van der Waals surface area contributed by atoms with Gasteiger partial charge < -0.3 is 5.73 Å². The molecule has 1 fully saturated rings. The number of aryl methyl sites for hydroxylation is 1. The van der Waals surface area contributed by atoms with E-state index in [4.69, 9.17) is 5.73 Å². The monoisotopic (exact) mass is 179 g/mol. The van der Waals surface area contributed by atoms with E-state index in [0.717, 1.165) is 11.7 Å². The van der Waals surface area contributed by atoms with Gasteiger partial charge in [-0.3, -0.25) is 4.68 Å². The van der Waals surface area contributed by atoms with E-state index < -0.39 is 0 Å². The summed E-state index contributed by atoms with van der Waals surface area (Å²) in [5, 5.41) is 4.46. The van der Waals surface area contributed by atoms with Crippen LogP contribution in [-0.4, -0.2) is 9.78 Å². The van der Waals surface area contributed by atoms with Crippen LogP contribution in [0.3, 0.4) is 0 Å². The Labute approximate surface area is 78.9 Å². The zero-order valence-electron chi connectivity index (χ0n) is 8.54. The van der Waals surface area contributed by atoms with Crippen LogP contribution in [-0.2, 0) is 7.05 Å². The molecular weight excluding hydrogens is 162 g/mol. The van der Waals surface area contributed by atoms with E-state index in [1.54, 1.807) is 4.68 Å². The van der Waals surface area contributed by atoms with Crippen LogP contribution in [0.5, 0.6) is 0 Å². The van der Waals surface area contributed by atoms with Gasteiger partial charge in [0.25, 0.3) is 0 Å². The normalized spacial score (nSPS) is 26.4. The van der Waals surface area contributed by atoms with Crippen LogP contribution in [0.2, 0.25) is 0 Å². The van der Waals surface area contributed by atoms with Crippen LogP contribution < -0.4 is 5.73 Å². The minimum Gasteiger partial charge on any atom is -0.384 e. The summed E-state index contributed by atoms with van der Waals surface area (Å²) in [6.45, 7) is 4.31. The maximum Gasteiger partial charge on any atom is 0.124 e. The van der Waals surface area contributed by atoms with Gasteiger partial charge in [-0.2, -0.15) is 5.10 Å². The zero-order chi connectivity index (χ0) is 9.59. The van der Waals surface area contributed by atoms with Crippen molar-refractivity contribution in [2.45, 2.75) is 32.6 Å². The number of hydrogen-bond acceptors (Lipinski definition) is 2. The lowest BCUT2D eigenvalue weighted by atomic mass is 10.1. The van der Waals surface area contributed by atoms with Gasteiger partial charge >= 0.3 is 0 Å². The van der Waals surface area contributed by atoms with Crippen LogP contribution in [0, 0.1) is 12.8 Å². The van der Waals surface area contributed by atoms with E-state index in [1.807, 2.05) is 7.05 Å². The van der Waals surface area contributed by atoms with Gasteiger partial charge in [0.15, 0.2) is 0 Å². The summed E-state index contributed by atoms with van der Waals surface area (Å²) in [7, 11) is 1.91. The molecule has 1 aliphatic carbocycles. The first-order chi connectivity index (χ1) is 6.15. The highest BCUT2D eigenvalue weighted by Crippen LogP contribution is 2.50. The molecule has 1 aromatic rings. The van der Waals surface area contributed by atoms with Crippen molar-refractivity contribution in [1.29, 1.82) is 0 Å². The number of nitrogens with zero attached hydrogens (tertiary/aromatic N) is 2. The Hall–Kier alpha value is -0.990. The van der Waals surface area contributed by atoms with Crippen molar-refractivity contribution in [3.63, 3.8) is 0 Å². The van der Waals surface area contributed by atoms with E-state index in [-0.39, 0.29) is 0 Å². The average Bonchev–Trinajstić information content (AvgIpc) is 2.85.